The molecule has 0 amide bonds. The van der Waals surface area contributed by atoms with Crippen LogP contribution >= 0.6 is 0 Å². The highest BCUT2D eigenvalue weighted by Crippen LogP contribution is 2.25. The van der Waals surface area contributed by atoms with Gasteiger partial charge in [-0.25, -0.2) is 4.79 Å². The monoisotopic (exact) mass is 279 g/mol. The van der Waals surface area contributed by atoms with E-state index in [2.05, 4.69) is 26.8 Å². The lowest BCUT2D eigenvalue weighted by molar-refractivity contribution is -0.150. The predicted octanol–water partition coefficient (Wildman–Crippen LogP) is 2.64. The van der Waals surface area contributed by atoms with E-state index in [1.165, 1.54) is 5.56 Å². The molecule has 1 rings (SSSR count). The van der Waals surface area contributed by atoms with Gasteiger partial charge in [0.05, 0.1) is 6.61 Å². The first-order valence-corrected chi connectivity index (χ1v) is 6.86. The van der Waals surface area contributed by atoms with Gasteiger partial charge in [-0.3, -0.25) is 0 Å². The van der Waals surface area contributed by atoms with E-state index < -0.39 is 11.5 Å². The highest BCUT2D eigenvalue weighted by Gasteiger charge is 2.31. The fourth-order valence-corrected chi connectivity index (χ4v) is 1.64. The van der Waals surface area contributed by atoms with Gasteiger partial charge < -0.3 is 15.2 Å². The summed E-state index contributed by atoms with van der Waals surface area (Å²) >= 11 is 0. The Kier molecular flexibility index (Phi) is 5.17. The minimum atomic E-state index is -1.15. The van der Waals surface area contributed by atoms with Crippen LogP contribution in [0.15, 0.2) is 24.3 Å². The van der Waals surface area contributed by atoms with Crippen molar-refractivity contribution in [1.82, 2.24) is 0 Å². The third-order valence-corrected chi connectivity index (χ3v) is 2.98. The van der Waals surface area contributed by atoms with E-state index in [-0.39, 0.29) is 12.0 Å². The van der Waals surface area contributed by atoms with Crippen LogP contribution in [0.25, 0.3) is 0 Å². The van der Waals surface area contributed by atoms with Gasteiger partial charge in [0, 0.05) is 0 Å². The largest absolute Gasteiger partial charge is 0.491 e. The topological polar surface area (TPSA) is 61.5 Å². The molecule has 1 aromatic rings. The van der Waals surface area contributed by atoms with Crippen LogP contribution in [-0.4, -0.2) is 24.7 Å². The molecule has 112 valence electrons. The normalized spacial score (nSPS) is 14.5. The summed E-state index contributed by atoms with van der Waals surface area (Å²) in [5.41, 5.74) is 5.99. The summed E-state index contributed by atoms with van der Waals surface area (Å²) in [6.45, 7) is 10.2. The molecule has 1 aromatic carbocycles. The van der Waals surface area contributed by atoms with E-state index in [4.69, 9.17) is 15.2 Å². The van der Waals surface area contributed by atoms with E-state index in [1.54, 1.807) is 13.8 Å². The second kappa shape index (κ2) is 6.27. The maximum atomic E-state index is 11.7. The maximum Gasteiger partial charge on any atom is 0.329 e. The molecule has 0 spiro atoms. The van der Waals surface area contributed by atoms with Crippen molar-refractivity contribution in [1.29, 1.82) is 0 Å². The van der Waals surface area contributed by atoms with Crippen LogP contribution < -0.4 is 10.5 Å². The van der Waals surface area contributed by atoms with E-state index in [0.717, 1.165) is 0 Å². The molecule has 0 aromatic heterocycles. The molecule has 0 heterocycles. The van der Waals surface area contributed by atoms with Crippen LogP contribution in [0.5, 0.6) is 5.75 Å². The molecule has 0 bridgehead atoms. The Morgan fingerprint density at radius 1 is 1.25 bits per heavy atom. The highest BCUT2D eigenvalue weighted by atomic mass is 16.5. The first kappa shape index (κ1) is 16.5. The molecule has 0 aliphatic heterocycles. The molecule has 0 aliphatic rings. The van der Waals surface area contributed by atoms with Crippen LogP contribution in [0, 0.1) is 0 Å². The summed E-state index contributed by atoms with van der Waals surface area (Å²) in [5, 5.41) is 0. The minimum Gasteiger partial charge on any atom is -0.491 e. The number of hydrogen-bond donors (Lipinski definition) is 1. The third kappa shape index (κ3) is 4.53. The van der Waals surface area contributed by atoms with Gasteiger partial charge in [-0.05, 0) is 37.0 Å². The van der Waals surface area contributed by atoms with Crippen molar-refractivity contribution in [2.75, 3.05) is 13.2 Å². The average Bonchev–Trinajstić information content (AvgIpc) is 2.36. The molecule has 0 fully saturated rings. The van der Waals surface area contributed by atoms with Crippen molar-refractivity contribution >= 4 is 5.97 Å². The standard InChI is InChI=1S/C16H25NO3/c1-6-19-14(18)16(5,17)11-20-13-9-7-8-12(10-13)15(2,3)4/h7-10H,6,11,17H2,1-5H3. The zero-order valence-corrected chi connectivity index (χ0v) is 13.0. The summed E-state index contributed by atoms with van der Waals surface area (Å²) in [6, 6.07) is 7.83. The van der Waals surface area contributed by atoms with Crippen molar-refractivity contribution in [3.63, 3.8) is 0 Å². The van der Waals surface area contributed by atoms with Gasteiger partial charge in [0.25, 0.3) is 0 Å². The minimum absolute atomic E-state index is 0.0481. The first-order chi connectivity index (χ1) is 9.16. The Balaban J connectivity index is 2.73. The lowest BCUT2D eigenvalue weighted by Gasteiger charge is -2.23. The molecular formula is C16H25NO3. The van der Waals surface area contributed by atoms with E-state index >= 15 is 0 Å². The zero-order chi connectivity index (χ0) is 15.4. The van der Waals surface area contributed by atoms with E-state index in [0.29, 0.717) is 12.4 Å². The molecule has 4 heteroatoms. The second-order valence-electron chi connectivity index (χ2n) is 6.20. The van der Waals surface area contributed by atoms with Gasteiger partial charge in [0.2, 0.25) is 0 Å². The van der Waals surface area contributed by atoms with E-state index in [9.17, 15) is 4.79 Å². The Morgan fingerprint density at radius 2 is 1.90 bits per heavy atom. The van der Waals surface area contributed by atoms with E-state index in [1.807, 2.05) is 18.2 Å². The quantitative estimate of drug-likeness (QED) is 0.842. The summed E-state index contributed by atoms with van der Waals surface area (Å²) in [7, 11) is 0. The number of carbonyl (C=O) groups is 1. The second-order valence-corrected chi connectivity index (χ2v) is 6.20. The fraction of sp³-hybridized carbons (Fsp3) is 0.562. The summed E-state index contributed by atoms with van der Waals surface area (Å²) in [5.74, 6) is 0.255. The van der Waals surface area contributed by atoms with Crippen molar-refractivity contribution in [2.45, 2.75) is 45.6 Å². The lowest BCUT2D eigenvalue weighted by Crippen LogP contribution is -2.51. The number of carbonyl (C=O) groups excluding carboxylic acids is 1. The Labute approximate surface area is 121 Å². The van der Waals surface area contributed by atoms with Crippen LogP contribution in [-0.2, 0) is 14.9 Å². The third-order valence-electron chi connectivity index (χ3n) is 2.98. The van der Waals surface area contributed by atoms with Gasteiger partial charge in [0.1, 0.15) is 17.9 Å². The highest BCUT2D eigenvalue weighted by molar-refractivity contribution is 5.80. The Hall–Kier alpha value is -1.55. The van der Waals surface area contributed by atoms with Gasteiger partial charge in [0.15, 0.2) is 0 Å². The molecule has 2 N–H and O–H groups in total. The molecule has 0 saturated heterocycles. The molecule has 0 saturated carbocycles. The average molecular weight is 279 g/mol. The lowest BCUT2D eigenvalue weighted by atomic mass is 9.87. The number of benzene rings is 1. The van der Waals surface area contributed by atoms with Crippen molar-refractivity contribution < 1.29 is 14.3 Å². The van der Waals surface area contributed by atoms with Crippen molar-refractivity contribution in [3.05, 3.63) is 29.8 Å². The molecule has 1 atom stereocenters. The molecule has 4 nitrogen and oxygen atoms in total. The van der Waals surface area contributed by atoms with Crippen molar-refractivity contribution in [2.24, 2.45) is 5.73 Å². The van der Waals surface area contributed by atoms with Crippen LogP contribution in [0.3, 0.4) is 0 Å². The molecule has 0 aliphatic carbocycles. The predicted molar refractivity (Wildman–Crippen MR) is 79.9 cm³/mol. The van der Waals surface area contributed by atoms with Gasteiger partial charge >= 0.3 is 5.97 Å². The zero-order valence-electron chi connectivity index (χ0n) is 13.0. The smallest absolute Gasteiger partial charge is 0.329 e. The van der Waals surface area contributed by atoms with Crippen LogP contribution in [0.2, 0.25) is 0 Å². The SMILES string of the molecule is CCOC(=O)C(C)(N)COc1cccc(C(C)(C)C)c1. The number of esters is 1. The number of ether oxygens (including phenoxy) is 2. The summed E-state index contributed by atoms with van der Waals surface area (Å²) in [6.07, 6.45) is 0. The Bertz CT molecular complexity index is 461. The molecular weight excluding hydrogens is 254 g/mol. The van der Waals surface area contributed by atoms with Crippen molar-refractivity contribution in [3.8, 4) is 5.75 Å². The number of rotatable bonds is 5. The van der Waals surface area contributed by atoms with Crippen LogP contribution in [0.1, 0.15) is 40.2 Å². The Morgan fingerprint density at radius 3 is 2.45 bits per heavy atom. The number of hydrogen-bond acceptors (Lipinski definition) is 4. The van der Waals surface area contributed by atoms with Gasteiger partial charge in [-0.2, -0.15) is 0 Å². The van der Waals surface area contributed by atoms with Gasteiger partial charge in [-0.15, -0.1) is 0 Å². The van der Waals surface area contributed by atoms with Gasteiger partial charge in [-0.1, -0.05) is 32.9 Å². The van der Waals surface area contributed by atoms with Crippen LogP contribution in [0.4, 0.5) is 0 Å². The molecule has 1 unspecified atom stereocenters. The molecule has 0 radical (unpaired) electrons. The summed E-state index contributed by atoms with van der Waals surface area (Å²) in [4.78, 5) is 11.7. The molecule has 20 heavy (non-hydrogen) atoms. The maximum absolute atomic E-state index is 11.7. The summed E-state index contributed by atoms with van der Waals surface area (Å²) < 4.78 is 10.6. The number of nitrogens with two attached hydrogens (primary N) is 1. The first-order valence-electron chi connectivity index (χ1n) is 6.86. The fourth-order valence-electron chi connectivity index (χ4n) is 1.64.